The minimum atomic E-state index is 0.222. The van der Waals surface area contributed by atoms with Crippen molar-refractivity contribution in [3.05, 3.63) is 17.8 Å². The summed E-state index contributed by atoms with van der Waals surface area (Å²) in [5.41, 5.74) is 7.60. The van der Waals surface area contributed by atoms with Crippen LogP contribution in [0.1, 0.15) is 18.9 Å². The van der Waals surface area contributed by atoms with Gasteiger partial charge in [0.15, 0.2) is 0 Å². The van der Waals surface area contributed by atoms with Gasteiger partial charge in [-0.25, -0.2) is 4.98 Å². The monoisotopic (exact) mass is 209 g/mol. The van der Waals surface area contributed by atoms with Crippen molar-refractivity contribution in [1.82, 2.24) is 4.98 Å². The summed E-state index contributed by atoms with van der Waals surface area (Å²) in [6.45, 7) is 5.04. The third-order valence-electron chi connectivity index (χ3n) is 2.45. The van der Waals surface area contributed by atoms with E-state index in [-0.39, 0.29) is 6.61 Å². The molecule has 1 rings (SSSR count). The van der Waals surface area contributed by atoms with E-state index in [9.17, 15) is 0 Å². The van der Waals surface area contributed by atoms with Crippen molar-refractivity contribution in [3.8, 4) is 0 Å². The van der Waals surface area contributed by atoms with Crippen LogP contribution in [0.3, 0.4) is 0 Å². The molecule has 4 nitrogen and oxygen atoms in total. The molecule has 0 radical (unpaired) electrons. The molecule has 84 valence electrons. The number of hydrogen-bond acceptors (Lipinski definition) is 4. The standard InChI is InChI=1S/C11H19N3O/c1-8(4-6-15)7-14-11-10(12)9(2)3-5-13-11/h3,5,8,15H,4,6-7,12H2,1-2H3,(H,13,14). The predicted molar refractivity (Wildman–Crippen MR) is 62.7 cm³/mol. The van der Waals surface area contributed by atoms with E-state index in [0.29, 0.717) is 11.6 Å². The maximum Gasteiger partial charge on any atom is 0.149 e. The molecule has 1 unspecified atom stereocenters. The van der Waals surface area contributed by atoms with Gasteiger partial charge >= 0.3 is 0 Å². The number of aliphatic hydroxyl groups excluding tert-OH is 1. The summed E-state index contributed by atoms with van der Waals surface area (Å²) < 4.78 is 0. The van der Waals surface area contributed by atoms with E-state index in [1.165, 1.54) is 0 Å². The number of aliphatic hydroxyl groups is 1. The van der Waals surface area contributed by atoms with Crippen molar-refractivity contribution in [2.45, 2.75) is 20.3 Å². The average molecular weight is 209 g/mol. The zero-order chi connectivity index (χ0) is 11.3. The third kappa shape index (κ3) is 3.40. The Morgan fingerprint density at radius 1 is 1.60 bits per heavy atom. The zero-order valence-electron chi connectivity index (χ0n) is 9.33. The number of hydrogen-bond donors (Lipinski definition) is 3. The highest BCUT2D eigenvalue weighted by molar-refractivity contribution is 5.64. The fourth-order valence-electron chi connectivity index (χ4n) is 1.30. The molecule has 1 atom stereocenters. The van der Waals surface area contributed by atoms with Gasteiger partial charge in [-0.2, -0.15) is 0 Å². The van der Waals surface area contributed by atoms with Crippen molar-refractivity contribution < 1.29 is 5.11 Å². The number of nitrogens with zero attached hydrogens (tertiary/aromatic N) is 1. The van der Waals surface area contributed by atoms with Gasteiger partial charge in [-0.1, -0.05) is 6.92 Å². The molecular formula is C11H19N3O. The summed E-state index contributed by atoms with van der Waals surface area (Å²) in [5.74, 6) is 1.15. The number of nitrogen functional groups attached to an aromatic ring is 1. The van der Waals surface area contributed by atoms with Gasteiger partial charge in [0, 0.05) is 19.3 Å². The van der Waals surface area contributed by atoms with Crippen molar-refractivity contribution in [2.24, 2.45) is 5.92 Å². The summed E-state index contributed by atoms with van der Waals surface area (Å²) in [6, 6.07) is 1.89. The second-order valence-electron chi connectivity index (χ2n) is 3.89. The maximum atomic E-state index is 8.76. The molecular weight excluding hydrogens is 190 g/mol. The van der Waals surface area contributed by atoms with E-state index in [0.717, 1.165) is 24.3 Å². The number of aromatic nitrogens is 1. The highest BCUT2D eigenvalue weighted by Gasteiger charge is 2.05. The minimum absolute atomic E-state index is 0.222. The Labute approximate surface area is 90.5 Å². The summed E-state index contributed by atoms with van der Waals surface area (Å²) in [6.07, 6.45) is 2.53. The van der Waals surface area contributed by atoms with Gasteiger partial charge in [0.25, 0.3) is 0 Å². The normalized spacial score (nSPS) is 12.5. The molecule has 1 heterocycles. The van der Waals surface area contributed by atoms with Crippen LogP contribution in [0.25, 0.3) is 0 Å². The lowest BCUT2D eigenvalue weighted by Crippen LogP contribution is -2.14. The summed E-state index contributed by atoms with van der Waals surface area (Å²) in [5, 5.41) is 12.0. The van der Waals surface area contributed by atoms with Crippen LogP contribution in [0.5, 0.6) is 0 Å². The van der Waals surface area contributed by atoms with Crippen LogP contribution in [0.4, 0.5) is 11.5 Å². The summed E-state index contributed by atoms with van der Waals surface area (Å²) in [4.78, 5) is 4.17. The van der Waals surface area contributed by atoms with Crippen LogP contribution < -0.4 is 11.1 Å². The largest absolute Gasteiger partial charge is 0.396 e. The minimum Gasteiger partial charge on any atom is -0.396 e. The fourth-order valence-corrected chi connectivity index (χ4v) is 1.30. The Bertz CT molecular complexity index is 315. The summed E-state index contributed by atoms with van der Waals surface area (Å²) >= 11 is 0. The molecule has 0 amide bonds. The number of anilines is 2. The second kappa shape index (κ2) is 5.56. The first-order valence-corrected chi connectivity index (χ1v) is 5.21. The fraction of sp³-hybridized carbons (Fsp3) is 0.545. The lowest BCUT2D eigenvalue weighted by Gasteiger charge is -2.13. The van der Waals surface area contributed by atoms with Crippen LogP contribution in [-0.4, -0.2) is 23.2 Å². The van der Waals surface area contributed by atoms with Crippen LogP contribution in [0, 0.1) is 12.8 Å². The third-order valence-corrected chi connectivity index (χ3v) is 2.45. The van der Waals surface area contributed by atoms with Crippen molar-refractivity contribution in [1.29, 1.82) is 0 Å². The van der Waals surface area contributed by atoms with E-state index in [1.54, 1.807) is 6.20 Å². The first kappa shape index (κ1) is 11.8. The van der Waals surface area contributed by atoms with Crippen LogP contribution in [-0.2, 0) is 0 Å². The van der Waals surface area contributed by atoms with E-state index >= 15 is 0 Å². The topological polar surface area (TPSA) is 71.2 Å². The molecule has 4 N–H and O–H groups in total. The van der Waals surface area contributed by atoms with Gasteiger partial charge in [-0.15, -0.1) is 0 Å². The molecule has 0 aliphatic heterocycles. The first-order valence-electron chi connectivity index (χ1n) is 5.21. The number of rotatable bonds is 5. The molecule has 0 aliphatic carbocycles. The molecule has 0 aliphatic rings. The smallest absolute Gasteiger partial charge is 0.149 e. The molecule has 15 heavy (non-hydrogen) atoms. The number of nitrogens with two attached hydrogens (primary N) is 1. The van der Waals surface area contributed by atoms with Crippen molar-refractivity contribution in [2.75, 3.05) is 24.2 Å². The molecule has 0 bridgehead atoms. The Morgan fingerprint density at radius 2 is 2.33 bits per heavy atom. The van der Waals surface area contributed by atoms with Crippen molar-refractivity contribution >= 4 is 11.5 Å². The number of aryl methyl sites for hydroxylation is 1. The molecule has 4 heteroatoms. The Kier molecular flexibility index (Phi) is 4.37. The van der Waals surface area contributed by atoms with Gasteiger partial charge in [0.05, 0.1) is 5.69 Å². The molecule has 0 spiro atoms. The highest BCUT2D eigenvalue weighted by Crippen LogP contribution is 2.19. The Balaban J connectivity index is 2.54. The molecule has 1 aromatic heterocycles. The van der Waals surface area contributed by atoms with E-state index in [4.69, 9.17) is 10.8 Å². The lowest BCUT2D eigenvalue weighted by atomic mass is 10.1. The second-order valence-corrected chi connectivity index (χ2v) is 3.89. The molecule has 0 fully saturated rings. The predicted octanol–water partition coefficient (Wildman–Crippen LogP) is 1.40. The molecule has 0 saturated heterocycles. The molecule has 1 aromatic rings. The first-order chi connectivity index (χ1) is 7.15. The quantitative estimate of drug-likeness (QED) is 0.685. The number of nitrogens with one attached hydrogen (secondary N) is 1. The van der Waals surface area contributed by atoms with Crippen LogP contribution >= 0.6 is 0 Å². The molecule has 0 saturated carbocycles. The Morgan fingerprint density at radius 3 is 3.00 bits per heavy atom. The number of pyridine rings is 1. The Hall–Kier alpha value is -1.29. The van der Waals surface area contributed by atoms with Crippen molar-refractivity contribution in [3.63, 3.8) is 0 Å². The van der Waals surface area contributed by atoms with Crippen LogP contribution in [0.15, 0.2) is 12.3 Å². The maximum absolute atomic E-state index is 8.76. The van der Waals surface area contributed by atoms with Gasteiger partial charge in [0.2, 0.25) is 0 Å². The summed E-state index contributed by atoms with van der Waals surface area (Å²) in [7, 11) is 0. The van der Waals surface area contributed by atoms with Gasteiger partial charge in [-0.05, 0) is 30.9 Å². The molecule has 0 aromatic carbocycles. The van der Waals surface area contributed by atoms with Gasteiger partial charge in [0.1, 0.15) is 5.82 Å². The van der Waals surface area contributed by atoms with Gasteiger partial charge < -0.3 is 16.2 Å². The zero-order valence-corrected chi connectivity index (χ0v) is 9.33. The van der Waals surface area contributed by atoms with E-state index in [1.807, 2.05) is 13.0 Å². The van der Waals surface area contributed by atoms with E-state index in [2.05, 4.69) is 17.2 Å². The van der Waals surface area contributed by atoms with Crippen LogP contribution in [0.2, 0.25) is 0 Å². The average Bonchev–Trinajstić information content (AvgIpc) is 2.21. The SMILES string of the molecule is Cc1ccnc(NCC(C)CCO)c1N. The van der Waals surface area contributed by atoms with Gasteiger partial charge in [-0.3, -0.25) is 0 Å². The van der Waals surface area contributed by atoms with E-state index < -0.39 is 0 Å². The highest BCUT2D eigenvalue weighted by atomic mass is 16.3. The lowest BCUT2D eigenvalue weighted by molar-refractivity contribution is 0.266.